The number of nitrogens with one attached hydrogen (secondary N) is 3. The third-order valence-corrected chi connectivity index (χ3v) is 6.31. The summed E-state index contributed by atoms with van der Waals surface area (Å²) in [6.45, 7) is 4.54. The number of H-pyrrole nitrogens is 1. The number of amides is 1. The molecule has 26 heavy (non-hydrogen) atoms. The first-order valence-electron chi connectivity index (χ1n) is 8.89. The predicted octanol–water partition coefficient (Wildman–Crippen LogP) is 1.22. The number of carbonyl (C=O) groups is 1. The number of aromatic amines is 1. The third kappa shape index (κ3) is 3.32. The summed E-state index contributed by atoms with van der Waals surface area (Å²) in [7, 11) is 0. The topological polar surface area (TPSA) is 96.1 Å². The molecular formula is C18H22N4O3S. The molecule has 8 heteroatoms. The van der Waals surface area contributed by atoms with Crippen LogP contribution < -0.4 is 16.2 Å². The molecule has 0 bridgehead atoms. The SMILES string of the molecule is Cc1nc(CNC(=O)c2cc3c(s2)C2(CCNCC2)OCC3)cc(=O)[nH]1. The lowest BCUT2D eigenvalue weighted by Crippen LogP contribution is -2.43. The number of aryl methyl sites for hydroxylation is 1. The zero-order valence-corrected chi connectivity index (χ0v) is 15.5. The van der Waals surface area contributed by atoms with E-state index >= 15 is 0 Å². The molecular weight excluding hydrogens is 352 g/mol. The van der Waals surface area contributed by atoms with Gasteiger partial charge in [0.05, 0.1) is 23.7 Å². The Morgan fingerprint density at radius 2 is 2.19 bits per heavy atom. The van der Waals surface area contributed by atoms with Gasteiger partial charge in [-0.15, -0.1) is 11.3 Å². The lowest BCUT2D eigenvalue weighted by Gasteiger charge is -2.40. The maximum Gasteiger partial charge on any atom is 0.261 e. The van der Waals surface area contributed by atoms with Gasteiger partial charge < -0.3 is 20.4 Å². The molecule has 2 aromatic heterocycles. The fourth-order valence-electron chi connectivity index (χ4n) is 3.73. The lowest BCUT2D eigenvalue weighted by atomic mass is 9.86. The number of hydrogen-bond acceptors (Lipinski definition) is 6. The van der Waals surface area contributed by atoms with Crippen molar-refractivity contribution in [3.8, 4) is 0 Å². The van der Waals surface area contributed by atoms with E-state index in [0.29, 0.717) is 23.0 Å². The van der Waals surface area contributed by atoms with Crippen molar-refractivity contribution in [1.29, 1.82) is 0 Å². The largest absolute Gasteiger partial charge is 0.369 e. The molecule has 1 saturated heterocycles. The van der Waals surface area contributed by atoms with Gasteiger partial charge in [-0.1, -0.05) is 0 Å². The molecule has 4 rings (SSSR count). The highest BCUT2D eigenvalue weighted by molar-refractivity contribution is 7.14. The Morgan fingerprint density at radius 3 is 2.96 bits per heavy atom. The molecule has 0 aromatic carbocycles. The summed E-state index contributed by atoms with van der Waals surface area (Å²) in [5.41, 5.74) is 1.35. The molecule has 0 aliphatic carbocycles. The normalized spacial score (nSPS) is 18.5. The molecule has 4 heterocycles. The van der Waals surface area contributed by atoms with Crippen LogP contribution in [0.3, 0.4) is 0 Å². The summed E-state index contributed by atoms with van der Waals surface area (Å²) in [4.78, 5) is 32.9. The summed E-state index contributed by atoms with van der Waals surface area (Å²) >= 11 is 1.54. The molecule has 7 nitrogen and oxygen atoms in total. The Morgan fingerprint density at radius 1 is 1.38 bits per heavy atom. The average Bonchev–Trinajstić information content (AvgIpc) is 3.06. The van der Waals surface area contributed by atoms with Crippen molar-refractivity contribution in [2.24, 2.45) is 0 Å². The van der Waals surface area contributed by atoms with Gasteiger partial charge in [0.15, 0.2) is 0 Å². The smallest absolute Gasteiger partial charge is 0.261 e. The van der Waals surface area contributed by atoms with Crippen LogP contribution in [-0.2, 0) is 23.3 Å². The number of thiophene rings is 1. The Balaban J connectivity index is 1.51. The van der Waals surface area contributed by atoms with Crippen molar-refractivity contribution in [3.05, 3.63) is 49.3 Å². The Labute approximate surface area is 155 Å². The van der Waals surface area contributed by atoms with Gasteiger partial charge in [0, 0.05) is 10.9 Å². The Kier molecular flexibility index (Phi) is 4.64. The minimum Gasteiger partial charge on any atom is -0.369 e. The van der Waals surface area contributed by atoms with Gasteiger partial charge in [-0.2, -0.15) is 0 Å². The van der Waals surface area contributed by atoms with Crippen LogP contribution in [-0.4, -0.2) is 35.6 Å². The summed E-state index contributed by atoms with van der Waals surface area (Å²) in [5, 5.41) is 6.25. The molecule has 0 atom stereocenters. The minimum absolute atomic E-state index is 0.131. The van der Waals surface area contributed by atoms with E-state index in [9.17, 15) is 9.59 Å². The van der Waals surface area contributed by atoms with E-state index in [-0.39, 0.29) is 23.6 Å². The highest BCUT2D eigenvalue weighted by Crippen LogP contribution is 2.44. The Bertz CT molecular complexity index is 883. The molecule has 0 radical (unpaired) electrons. The second-order valence-electron chi connectivity index (χ2n) is 6.81. The van der Waals surface area contributed by atoms with E-state index in [4.69, 9.17) is 4.74 Å². The second-order valence-corrected chi connectivity index (χ2v) is 7.86. The molecule has 1 fully saturated rings. The first-order valence-corrected chi connectivity index (χ1v) is 9.70. The van der Waals surface area contributed by atoms with Gasteiger partial charge in [-0.25, -0.2) is 4.98 Å². The van der Waals surface area contributed by atoms with Crippen molar-refractivity contribution in [3.63, 3.8) is 0 Å². The molecule has 2 aromatic rings. The summed E-state index contributed by atoms with van der Waals surface area (Å²) < 4.78 is 6.17. The van der Waals surface area contributed by atoms with Crippen LogP contribution in [0.25, 0.3) is 0 Å². The van der Waals surface area contributed by atoms with Crippen LogP contribution in [0.1, 0.15) is 44.5 Å². The molecule has 3 N–H and O–H groups in total. The molecule has 1 spiro atoms. The van der Waals surface area contributed by atoms with E-state index in [2.05, 4.69) is 20.6 Å². The van der Waals surface area contributed by atoms with Crippen LogP contribution in [0, 0.1) is 6.92 Å². The zero-order valence-electron chi connectivity index (χ0n) is 14.7. The third-order valence-electron chi connectivity index (χ3n) is 4.95. The van der Waals surface area contributed by atoms with Crippen LogP contribution in [0.5, 0.6) is 0 Å². The molecule has 0 unspecified atom stereocenters. The molecule has 138 valence electrons. The van der Waals surface area contributed by atoms with Crippen molar-refractivity contribution in [2.45, 2.75) is 38.3 Å². The van der Waals surface area contributed by atoms with Gasteiger partial charge in [0.1, 0.15) is 11.4 Å². The van der Waals surface area contributed by atoms with Gasteiger partial charge in [-0.05, 0) is 50.9 Å². The molecule has 2 aliphatic heterocycles. The number of carbonyl (C=O) groups excluding carboxylic acids is 1. The van der Waals surface area contributed by atoms with E-state index in [1.165, 1.54) is 27.8 Å². The fraction of sp³-hybridized carbons (Fsp3) is 0.500. The molecule has 1 amide bonds. The van der Waals surface area contributed by atoms with Gasteiger partial charge in [-0.3, -0.25) is 9.59 Å². The van der Waals surface area contributed by atoms with Crippen molar-refractivity contribution in [1.82, 2.24) is 20.6 Å². The van der Waals surface area contributed by atoms with Crippen molar-refractivity contribution >= 4 is 17.2 Å². The van der Waals surface area contributed by atoms with Crippen LogP contribution >= 0.6 is 11.3 Å². The quantitative estimate of drug-likeness (QED) is 0.751. The predicted molar refractivity (Wildman–Crippen MR) is 98.5 cm³/mol. The van der Waals surface area contributed by atoms with Gasteiger partial charge in [0.2, 0.25) is 0 Å². The van der Waals surface area contributed by atoms with E-state index < -0.39 is 0 Å². The average molecular weight is 374 g/mol. The number of nitrogens with zero attached hydrogens (tertiary/aromatic N) is 1. The standard InChI is InChI=1S/C18H22N4O3S/c1-11-21-13(9-15(23)22-11)10-20-17(24)14-8-12-2-7-25-18(16(12)26-14)3-5-19-6-4-18/h8-9,19H,2-7,10H2,1H3,(H,20,24)(H,21,22,23). The maximum atomic E-state index is 12.6. The van der Waals surface area contributed by atoms with Crippen LogP contribution in [0.4, 0.5) is 0 Å². The van der Waals surface area contributed by atoms with E-state index in [1.54, 1.807) is 6.92 Å². The molecule has 0 saturated carbocycles. The first-order chi connectivity index (χ1) is 12.6. The fourth-order valence-corrected chi connectivity index (χ4v) is 5.05. The summed E-state index contributed by atoms with van der Waals surface area (Å²) in [6.07, 6.45) is 2.73. The highest BCUT2D eigenvalue weighted by Gasteiger charge is 2.41. The summed E-state index contributed by atoms with van der Waals surface area (Å²) in [5.74, 6) is 0.409. The number of fused-ring (bicyclic) bond motifs is 2. The van der Waals surface area contributed by atoms with Crippen molar-refractivity contribution < 1.29 is 9.53 Å². The van der Waals surface area contributed by atoms with Crippen LogP contribution in [0.15, 0.2) is 16.9 Å². The van der Waals surface area contributed by atoms with Gasteiger partial charge >= 0.3 is 0 Å². The maximum absolute atomic E-state index is 12.6. The van der Waals surface area contributed by atoms with Gasteiger partial charge in [0.25, 0.3) is 11.5 Å². The second kappa shape index (κ2) is 6.94. The number of rotatable bonds is 3. The highest BCUT2D eigenvalue weighted by atomic mass is 32.1. The molecule has 2 aliphatic rings. The van der Waals surface area contributed by atoms with Crippen LogP contribution in [0.2, 0.25) is 0 Å². The lowest BCUT2D eigenvalue weighted by molar-refractivity contribution is -0.0771. The number of aromatic nitrogens is 2. The van der Waals surface area contributed by atoms with E-state index in [1.807, 2.05) is 6.07 Å². The monoisotopic (exact) mass is 374 g/mol. The Hall–Kier alpha value is -2.03. The van der Waals surface area contributed by atoms with E-state index in [0.717, 1.165) is 32.4 Å². The number of piperidine rings is 1. The first kappa shape index (κ1) is 17.4. The minimum atomic E-state index is -0.229. The van der Waals surface area contributed by atoms with Crippen molar-refractivity contribution in [2.75, 3.05) is 19.7 Å². The summed E-state index contributed by atoms with van der Waals surface area (Å²) in [6, 6.07) is 3.41. The number of ether oxygens (including phenoxy) is 1. The zero-order chi connectivity index (χ0) is 18.1. The number of hydrogen-bond donors (Lipinski definition) is 3.